The summed E-state index contributed by atoms with van der Waals surface area (Å²) in [4.78, 5) is 31.9. The van der Waals surface area contributed by atoms with Crippen LogP contribution < -0.4 is 5.73 Å². The van der Waals surface area contributed by atoms with Crippen LogP contribution in [0.1, 0.15) is 32.7 Å². The Balaban J connectivity index is 1.39. The van der Waals surface area contributed by atoms with Gasteiger partial charge < -0.3 is 21.1 Å². The van der Waals surface area contributed by atoms with Crippen LogP contribution in [0.4, 0.5) is 0 Å². The second kappa shape index (κ2) is 11.6. The normalized spacial score (nSPS) is 14.8. The van der Waals surface area contributed by atoms with E-state index in [9.17, 15) is 19.9 Å². The Bertz CT molecular complexity index is 1440. The van der Waals surface area contributed by atoms with Crippen LogP contribution >= 0.6 is 0 Å². The van der Waals surface area contributed by atoms with Crippen molar-refractivity contribution in [2.24, 2.45) is 5.73 Å². The summed E-state index contributed by atoms with van der Waals surface area (Å²) in [6, 6.07) is 20.7. The maximum absolute atomic E-state index is 13.5. The minimum atomic E-state index is -1.85. The van der Waals surface area contributed by atoms with Gasteiger partial charge in [0.2, 0.25) is 11.8 Å². The standard InChI is InChI=1S/C29H29N6O4/c30-27(37)26(36)25(16-20-8-3-1-4-9-20)35(39)29(38)23-12-7-14-31-28(23)34-19-22-18-33(15-13-24(22)32-34)17-21-10-5-2-6-11-21/h1-12,14,19,25-26,36H,13,15-18H2,(H2,30,37)/q-1. The Morgan fingerprint density at radius 2 is 1.72 bits per heavy atom. The highest BCUT2D eigenvalue weighted by Crippen LogP contribution is 2.23. The molecule has 10 heteroatoms. The molecule has 4 aromatic rings. The summed E-state index contributed by atoms with van der Waals surface area (Å²) < 4.78 is 1.52. The Morgan fingerprint density at radius 3 is 2.41 bits per heavy atom. The molecule has 3 heterocycles. The lowest BCUT2D eigenvalue weighted by molar-refractivity contribution is -0.128. The third kappa shape index (κ3) is 5.88. The van der Waals surface area contributed by atoms with E-state index in [2.05, 4.69) is 27.1 Å². The molecule has 2 aromatic heterocycles. The van der Waals surface area contributed by atoms with Crippen molar-refractivity contribution in [3.63, 3.8) is 0 Å². The van der Waals surface area contributed by atoms with E-state index in [1.165, 1.54) is 22.5 Å². The van der Waals surface area contributed by atoms with Crippen LogP contribution in [0.15, 0.2) is 85.2 Å². The zero-order chi connectivity index (χ0) is 27.4. The summed E-state index contributed by atoms with van der Waals surface area (Å²) in [5.41, 5.74) is 9.14. The average Bonchev–Trinajstić information content (AvgIpc) is 3.39. The largest absolute Gasteiger partial charge is 0.756 e. The number of carbonyl (C=O) groups is 2. The lowest BCUT2D eigenvalue weighted by Gasteiger charge is -2.39. The van der Waals surface area contributed by atoms with Crippen molar-refractivity contribution in [1.29, 1.82) is 0 Å². The van der Waals surface area contributed by atoms with E-state index in [4.69, 9.17) is 5.73 Å². The van der Waals surface area contributed by atoms with E-state index in [1.807, 2.05) is 24.4 Å². The molecule has 0 spiro atoms. The molecule has 0 saturated heterocycles. The van der Waals surface area contributed by atoms with Gasteiger partial charge in [-0.05, 0) is 29.7 Å². The second-order valence-electron chi connectivity index (χ2n) is 9.60. The van der Waals surface area contributed by atoms with Crippen LogP contribution in [0, 0.1) is 5.21 Å². The number of benzene rings is 2. The molecule has 200 valence electrons. The number of carbonyl (C=O) groups excluding carboxylic acids is 2. The van der Waals surface area contributed by atoms with E-state index in [1.54, 1.807) is 36.4 Å². The molecule has 0 radical (unpaired) electrons. The highest BCUT2D eigenvalue weighted by Gasteiger charge is 2.30. The molecule has 0 saturated carbocycles. The predicted octanol–water partition coefficient (Wildman–Crippen LogP) is 2.22. The van der Waals surface area contributed by atoms with Gasteiger partial charge in [-0.15, -0.1) is 0 Å². The van der Waals surface area contributed by atoms with Gasteiger partial charge in [-0.3, -0.25) is 14.5 Å². The van der Waals surface area contributed by atoms with Gasteiger partial charge in [0.25, 0.3) is 0 Å². The van der Waals surface area contributed by atoms with Crippen molar-refractivity contribution >= 4 is 11.8 Å². The number of amides is 2. The van der Waals surface area contributed by atoms with E-state index in [0.717, 1.165) is 30.8 Å². The predicted molar refractivity (Wildman–Crippen MR) is 144 cm³/mol. The van der Waals surface area contributed by atoms with Crippen molar-refractivity contribution in [2.75, 3.05) is 6.54 Å². The van der Waals surface area contributed by atoms with Gasteiger partial charge >= 0.3 is 0 Å². The molecule has 2 aromatic carbocycles. The molecule has 1 aliphatic heterocycles. The van der Waals surface area contributed by atoms with Crippen LogP contribution in [-0.2, 0) is 30.7 Å². The lowest BCUT2D eigenvalue weighted by atomic mass is 10.00. The summed E-state index contributed by atoms with van der Waals surface area (Å²) >= 11 is 0. The third-order valence-electron chi connectivity index (χ3n) is 6.86. The number of hydrogen-bond acceptors (Lipinski definition) is 7. The first-order valence-electron chi connectivity index (χ1n) is 12.7. The fourth-order valence-electron chi connectivity index (χ4n) is 4.84. The average molecular weight is 526 g/mol. The number of aromatic nitrogens is 3. The number of rotatable bonds is 9. The summed E-state index contributed by atoms with van der Waals surface area (Å²) in [7, 11) is 0. The molecule has 1 aliphatic rings. The molecule has 39 heavy (non-hydrogen) atoms. The first-order chi connectivity index (χ1) is 18.9. The Morgan fingerprint density at radius 1 is 1.03 bits per heavy atom. The summed E-state index contributed by atoms with van der Waals surface area (Å²) in [5, 5.41) is 28.5. The Labute approximate surface area is 225 Å². The van der Waals surface area contributed by atoms with Gasteiger partial charge in [-0.25, -0.2) is 9.67 Å². The number of nitrogens with zero attached hydrogens (tertiary/aromatic N) is 5. The number of aliphatic hydroxyl groups is 1. The summed E-state index contributed by atoms with van der Waals surface area (Å²) in [5.74, 6) is -1.84. The van der Waals surface area contributed by atoms with Crippen LogP contribution in [-0.4, -0.2) is 60.3 Å². The fraction of sp³-hybridized carbons (Fsp3) is 0.241. The van der Waals surface area contributed by atoms with Crippen LogP contribution in [0.25, 0.3) is 5.82 Å². The van der Waals surface area contributed by atoms with Crippen molar-refractivity contribution in [2.45, 2.75) is 38.1 Å². The zero-order valence-corrected chi connectivity index (χ0v) is 21.3. The molecular weight excluding hydrogens is 496 g/mol. The van der Waals surface area contributed by atoms with Crippen molar-refractivity contribution in [3.05, 3.63) is 118 Å². The minimum Gasteiger partial charge on any atom is -0.756 e. The first kappa shape index (κ1) is 26.2. The van der Waals surface area contributed by atoms with E-state index < -0.39 is 24.0 Å². The van der Waals surface area contributed by atoms with E-state index in [0.29, 0.717) is 12.1 Å². The number of nitrogens with two attached hydrogens (primary N) is 1. The molecule has 0 aliphatic carbocycles. The fourth-order valence-corrected chi connectivity index (χ4v) is 4.84. The Hall–Kier alpha value is -4.38. The van der Waals surface area contributed by atoms with Crippen molar-refractivity contribution < 1.29 is 14.7 Å². The molecular formula is C29H29N6O4-. The summed E-state index contributed by atoms with van der Waals surface area (Å²) in [6.07, 6.45) is 2.19. The van der Waals surface area contributed by atoms with Crippen molar-refractivity contribution in [1.82, 2.24) is 24.7 Å². The molecule has 2 atom stereocenters. The van der Waals surface area contributed by atoms with Gasteiger partial charge in [-0.1, -0.05) is 60.7 Å². The van der Waals surface area contributed by atoms with Crippen LogP contribution in [0.2, 0.25) is 0 Å². The van der Waals surface area contributed by atoms with Crippen LogP contribution in [0.3, 0.4) is 0 Å². The van der Waals surface area contributed by atoms with Gasteiger partial charge in [0, 0.05) is 44.0 Å². The quantitative estimate of drug-likeness (QED) is 0.319. The Kier molecular flexibility index (Phi) is 7.78. The molecule has 3 N–H and O–H groups in total. The van der Waals surface area contributed by atoms with Gasteiger partial charge in [0.15, 0.2) is 11.9 Å². The maximum atomic E-state index is 13.5. The molecule has 0 bridgehead atoms. The van der Waals surface area contributed by atoms with Gasteiger partial charge in [-0.2, -0.15) is 5.10 Å². The number of hydroxylamine groups is 2. The molecule has 5 rings (SSSR count). The number of aliphatic hydroxyl groups excluding tert-OH is 1. The zero-order valence-electron chi connectivity index (χ0n) is 21.3. The number of hydrogen-bond donors (Lipinski definition) is 2. The maximum Gasteiger partial charge on any atom is 0.248 e. The molecule has 2 amide bonds. The number of primary amides is 1. The SMILES string of the molecule is NC(=O)C(O)C(Cc1ccccc1)N([O-])C(=O)c1cccnc1-n1cc2c(n1)CCN(Cc1ccccc1)C2. The second-order valence-corrected chi connectivity index (χ2v) is 9.60. The topological polar surface area (TPSA) is 141 Å². The van der Waals surface area contributed by atoms with E-state index in [-0.39, 0.29) is 22.9 Å². The highest BCUT2D eigenvalue weighted by atomic mass is 16.5. The molecule has 10 nitrogen and oxygen atoms in total. The van der Waals surface area contributed by atoms with Crippen LogP contribution in [0.5, 0.6) is 0 Å². The smallest absolute Gasteiger partial charge is 0.248 e. The van der Waals surface area contributed by atoms with E-state index >= 15 is 0 Å². The van der Waals surface area contributed by atoms with Gasteiger partial charge in [0.05, 0.1) is 17.3 Å². The monoisotopic (exact) mass is 525 g/mol. The first-order valence-corrected chi connectivity index (χ1v) is 12.7. The lowest BCUT2D eigenvalue weighted by Crippen LogP contribution is -2.50. The molecule has 2 unspecified atom stereocenters. The highest BCUT2D eigenvalue weighted by molar-refractivity contribution is 5.98. The van der Waals surface area contributed by atoms with Gasteiger partial charge in [0.1, 0.15) is 0 Å². The van der Waals surface area contributed by atoms with Crippen molar-refractivity contribution in [3.8, 4) is 5.82 Å². The summed E-state index contributed by atoms with van der Waals surface area (Å²) in [6.45, 7) is 2.35. The minimum absolute atomic E-state index is 0.00298. The third-order valence-corrected chi connectivity index (χ3v) is 6.86. The molecule has 0 fully saturated rings. The number of fused-ring (bicyclic) bond motifs is 1. The number of pyridine rings is 1.